The summed E-state index contributed by atoms with van der Waals surface area (Å²) in [7, 11) is 1.89. The van der Waals surface area contributed by atoms with Crippen molar-refractivity contribution in [2.75, 3.05) is 30.8 Å². The van der Waals surface area contributed by atoms with Crippen LogP contribution in [0.2, 0.25) is 0 Å². The standard InChI is InChI=1S/C23H26N4O2S2/c1-16(28)26-19-10-11-20(22(14-19)31(29)27-12-4-3-5-13-27)21-15-25-23(30-21)17-6-8-18(24-2)9-7-17/h6-11,14-15,24H,3-5,12-13H2,1-2H3,(H,26,28). The average molecular weight is 455 g/mol. The first-order valence-electron chi connectivity index (χ1n) is 10.4. The van der Waals surface area contributed by atoms with Crippen molar-refractivity contribution < 1.29 is 9.35 Å². The molecule has 6 nitrogen and oxygen atoms in total. The second kappa shape index (κ2) is 9.82. The SMILES string of the molecule is CNc1ccc(-c2ncc(-c3ccc(NC(C)=O)cc3[S+]([O-])N3CCCCC3)s2)cc1. The van der Waals surface area contributed by atoms with Gasteiger partial charge in [0.05, 0.1) is 21.8 Å². The Morgan fingerprint density at radius 1 is 1.10 bits per heavy atom. The van der Waals surface area contributed by atoms with Gasteiger partial charge in [0.25, 0.3) is 0 Å². The van der Waals surface area contributed by atoms with Crippen LogP contribution in [0.5, 0.6) is 0 Å². The van der Waals surface area contributed by atoms with Crippen molar-refractivity contribution in [3.8, 4) is 21.0 Å². The second-order valence-corrected chi connectivity index (χ2v) is 9.97. The molecule has 0 saturated carbocycles. The Balaban J connectivity index is 1.69. The number of carbonyl (C=O) groups is 1. The molecule has 162 valence electrons. The fraction of sp³-hybridized carbons (Fsp3) is 0.304. The maximum absolute atomic E-state index is 13.5. The Morgan fingerprint density at radius 2 is 1.81 bits per heavy atom. The maximum atomic E-state index is 13.5. The van der Waals surface area contributed by atoms with Crippen LogP contribution in [0, 0.1) is 0 Å². The molecule has 0 aliphatic carbocycles. The molecule has 1 atom stereocenters. The summed E-state index contributed by atoms with van der Waals surface area (Å²) in [4.78, 5) is 17.8. The van der Waals surface area contributed by atoms with E-state index in [1.54, 1.807) is 11.3 Å². The number of benzene rings is 2. The zero-order valence-electron chi connectivity index (χ0n) is 17.7. The Morgan fingerprint density at radius 3 is 2.48 bits per heavy atom. The molecule has 1 fully saturated rings. The number of thiazole rings is 1. The number of nitrogens with zero attached hydrogens (tertiary/aromatic N) is 2. The number of aromatic nitrogens is 1. The molecule has 8 heteroatoms. The van der Waals surface area contributed by atoms with E-state index >= 15 is 0 Å². The van der Waals surface area contributed by atoms with Crippen LogP contribution < -0.4 is 10.6 Å². The molecule has 0 radical (unpaired) electrons. The molecular formula is C23H26N4O2S2. The highest BCUT2D eigenvalue weighted by Crippen LogP contribution is 2.38. The number of hydrogen-bond acceptors (Lipinski definition) is 6. The third kappa shape index (κ3) is 5.10. The van der Waals surface area contributed by atoms with Gasteiger partial charge >= 0.3 is 0 Å². The first kappa shape index (κ1) is 21.8. The van der Waals surface area contributed by atoms with Crippen LogP contribution in [0.1, 0.15) is 26.2 Å². The maximum Gasteiger partial charge on any atom is 0.221 e. The van der Waals surface area contributed by atoms with Gasteiger partial charge in [-0.3, -0.25) is 4.79 Å². The molecule has 1 aromatic heterocycles. The molecule has 2 heterocycles. The van der Waals surface area contributed by atoms with Gasteiger partial charge in [-0.2, -0.15) is 0 Å². The second-order valence-electron chi connectivity index (χ2n) is 7.49. The highest BCUT2D eigenvalue weighted by atomic mass is 32.2. The Labute approximate surface area is 190 Å². The van der Waals surface area contributed by atoms with E-state index in [4.69, 9.17) is 0 Å². The fourth-order valence-electron chi connectivity index (χ4n) is 3.63. The molecule has 1 aliphatic heterocycles. The van der Waals surface area contributed by atoms with Crippen LogP contribution in [0.15, 0.2) is 53.6 Å². The Bertz CT molecular complexity index is 1050. The van der Waals surface area contributed by atoms with Crippen LogP contribution in [0.25, 0.3) is 21.0 Å². The van der Waals surface area contributed by atoms with Crippen molar-refractivity contribution in [1.29, 1.82) is 0 Å². The van der Waals surface area contributed by atoms with Crippen molar-refractivity contribution in [2.45, 2.75) is 31.1 Å². The molecule has 1 amide bonds. The van der Waals surface area contributed by atoms with Crippen LogP contribution in [-0.2, 0) is 16.2 Å². The number of anilines is 2. The monoisotopic (exact) mass is 454 g/mol. The lowest BCUT2D eigenvalue weighted by molar-refractivity contribution is -0.114. The number of amides is 1. The lowest BCUT2D eigenvalue weighted by atomic mass is 10.2. The minimum absolute atomic E-state index is 0.146. The molecule has 1 unspecified atom stereocenters. The van der Waals surface area contributed by atoms with Gasteiger partial charge in [0.2, 0.25) is 5.91 Å². The topological polar surface area (TPSA) is 80.3 Å². The van der Waals surface area contributed by atoms with Gasteiger partial charge in [-0.25, -0.2) is 4.98 Å². The van der Waals surface area contributed by atoms with Crippen molar-refractivity contribution >= 4 is 40.0 Å². The fourth-order valence-corrected chi connectivity index (χ4v) is 6.12. The first-order chi connectivity index (χ1) is 15.0. The highest BCUT2D eigenvalue weighted by Gasteiger charge is 2.28. The van der Waals surface area contributed by atoms with E-state index in [0.29, 0.717) is 10.6 Å². The van der Waals surface area contributed by atoms with Gasteiger partial charge in [-0.1, -0.05) is 6.42 Å². The van der Waals surface area contributed by atoms with E-state index in [1.807, 2.05) is 60.0 Å². The molecule has 1 saturated heterocycles. The van der Waals surface area contributed by atoms with E-state index in [9.17, 15) is 9.35 Å². The normalized spacial score (nSPS) is 15.5. The molecular weight excluding hydrogens is 428 g/mol. The molecule has 2 aromatic carbocycles. The summed E-state index contributed by atoms with van der Waals surface area (Å²) in [5, 5.41) is 6.85. The van der Waals surface area contributed by atoms with Crippen LogP contribution in [-0.4, -0.2) is 39.9 Å². The quantitative estimate of drug-likeness (QED) is 0.513. The molecule has 0 bridgehead atoms. The summed E-state index contributed by atoms with van der Waals surface area (Å²) >= 11 is 0.285. The van der Waals surface area contributed by atoms with Crippen molar-refractivity contribution in [3.05, 3.63) is 48.7 Å². The molecule has 4 rings (SSSR count). The van der Waals surface area contributed by atoms with Crippen LogP contribution in [0.3, 0.4) is 0 Å². The van der Waals surface area contributed by atoms with Gasteiger partial charge in [0.15, 0.2) is 4.90 Å². The minimum Gasteiger partial charge on any atom is -0.593 e. The summed E-state index contributed by atoms with van der Waals surface area (Å²) in [5.74, 6) is -0.146. The third-order valence-electron chi connectivity index (χ3n) is 5.23. The van der Waals surface area contributed by atoms with E-state index in [0.717, 1.165) is 52.6 Å². The minimum atomic E-state index is -1.29. The van der Waals surface area contributed by atoms with Crippen LogP contribution in [0.4, 0.5) is 11.4 Å². The average Bonchev–Trinajstić information content (AvgIpc) is 3.29. The van der Waals surface area contributed by atoms with E-state index in [2.05, 4.69) is 15.6 Å². The number of piperidine rings is 1. The lowest BCUT2D eigenvalue weighted by Crippen LogP contribution is -2.35. The Kier molecular flexibility index (Phi) is 6.92. The molecule has 31 heavy (non-hydrogen) atoms. The lowest BCUT2D eigenvalue weighted by Gasteiger charge is -2.28. The largest absolute Gasteiger partial charge is 0.593 e. The number of carbonyl (C=O) groups excluding carboxylic acids is 1. The van der Waals surface area contributed by atoms with E-state index < -0.39 is 11.4 Å². The summed E-state index contributed by atoms with van der Waals surface area (Å²) in [5.41, 5.74) is 3.65. The molecule has 0 spiro atoms. The molecule has 2 N–H and O–H groups in total. The van der Waals surface area contributed by atoms with E-state index in [1.165, 1.54) is 13.3 Å². The summed E-state index contributed by atoms with van der Waals surface area (Å²) < 4.78 is 15.5. The Hall–Kier alpha value is -2.39. The zero-order chi connectivity index (χ0) is 21.8. The van der Waals surface area contributed by atoms with Crippen molar-refractivity contribution in [3.63, 3.8) is 0 Å². The first-order valence-corrected chi connectivity index (χ1v) is 12.3. The van der Waals surface area contributed by atoms with Crippen molar-refractivity contribution in [1.82, 2.24) is 9.29 Å². The predicted octanol–water partition coefficient (Wildman–Crippen LogP) is 4.99. The number of nitrogens with one attached hydrogen (secondary N) is 2. The van der Waals surface area contributed by atoms with Gasteiger partial charge in [0, 0.05) is 56.3 Å². The number of rotatable bonds is 6. The van der Waals surface area contributed by atoms with E-state index in [-0.39, 0.29) is 5.91 Å². The molecule has 3 aromatic rings. The zero-order valence-corrected chi connectivity index (χ0v) is 19.3. The molecule has 1 aliphatic rings. The summed E-state index contributed by atoms with van der Waals surface area (Å²) in [6.07, 6.45) is 5.13. The smallest absolute Gasteiger partial charge is 0.221 e. The summed E-state index contributed by atoms with van der Waals surface area (Å²) in [6.45, 7) is 3.12. The third-order valence-corrected chi connectivity index (χ3v) is 7.86. The number of hydrogen-bond donors (Lipinski definition) is 2. The summed E-state index contributed by atoms with van der Waals surface area (Å²) in [6, 6.07) is 13.8. The van der Waals surface area contributed by atoms with Gasteiger partial charge in [0.1, 0.15) is 5.01 Å². The van der Waals surface area contributed by atoms with Gasteiger partial charge < -0.3 is 15.2 Å². The predicted molar refractivity (Wildman–Crippen MR) is 129 cm³/mol. The van der Waals surface area contributed by atoms with Crippen LogP contribution >= 0.6 is 11.3 Å². The van der Waals surface area contributed by atoms with Crippen molar-refractivity contribution in [2.24, 2.45) is 0 Å². The van der Waals surface area contributed by atoms with Gasteiger partial charge in [-0.05, 0) is 49.2 Å². The van der Waals surface area contributed by atoms with Gasteiger partial charge in [-0.15, -0.1) is 15.6 Å². The highest BCUT2D eigenvalue weighted by molar-refractivity contribution is 7.89.